The monoisotopic (exact) mass is 978 g/mol. The molecule has 5 fully saturated rings. The molecule has 2 aromatic heterocycles. The number of aromatic nitrogens is 2. The lowest BCUT2D eigenvalue weighted by molar-refractivity contribution is -0.137. The number of carbonyl (C=O) groups is 6. The third kappa shape index (κ3) is 9.24. The first-order chi connectivity index (χ1) is 34.9. The van der Waals surface area contributed by atoms with E-state index in [0.717, 1.165) is 79.9 Å². The number of fused-ring (bicyclic) bond motifs is 4. The number of piperazine rings is 1. The van der Waals surface area contributed by atoms with Crippen LogP contribution >= 0.6 is 0 Å². The topological polar surface area (TPSA) is 208 Å². The summed E-state index contributed by atoms with van der Waals surface area (Å²) in [5.74, 6) is 0.821. The first-order valence-electron chi connectivity index (χ1n) is 24.7. The number of halogens is 1. The molecule has 6 aliphatic rings. The second kappa shape index (κ2) is 19.2. The van der Waals surface area contributed by atoms with E-state index in [1.54, 1.807) is 49.7 Å². The van der Waals surface area contributed by atoms with Crippen LogP contribution in [0.1, 0.15) is 67.3 Å². The molecule has 3 aromatic carbocycles. The molecule has 2 bridgehead atoms. The van der Waals surface area contributed by atoms with Gasteiger partial charge in [0.15, 0.2) is 0 Å². The van der Waals surface area contributed by atoms with E-state index in [0.29, 0.717) is 78.4 Å². The molecule has 4 saturated heterocycles. The number of likely N-dealkylation sites (tertiary alicyclic amines) is 2. The Morgan fingerprint density at radius 2 is 1.60 bits per heavy atom. The van der Waals surface area contributed by atoms with Crippen molar-refractivity contribution in [3.05, 3.63) is 102 Å². The van der Waals surface area contributed by atoms with Gasteiger partial charge in [-0.05, 0) is 123 Å². The van der Waals surface area contributed by atoms with Crippen molar-refractivity contribution in [3.8, 4) is 17.2 Å². The van der Waals surface area contributed by atoms with Crippen molar-refractivity contribution in [1.29, 1.82) is 0 Å². The van der Waals surface area contributed by atoms with Crippen LogP contribution in [0.4, 0.5) is 27.3 Å². The van der Waals surface area contributed by atoms with Crippen LogP contribution in [0, 0.1) is 17.2 Å². The van der Waals surface area contributed by atoms with E-state index in [1.165, 1.54) is 35.4 Å². The lowest BCUT2D eigenvalue weighted by Crippen LogP contribution is -2.52. The maximum Gasteiger partial charge on any atom is 0.256 e. The molecule has 19 heteroatoms. The third-order valence-electron chi connectivity index (χ3n) is 15.2. The molecule has 18 nitrogen and oxygen atoms in total. The number of amides is 6. The SMILES string of the molecule is COc1cc2c(Oc3ccc(NC(=O)C4(C(=O)Nc5ccc(F)cc5)CC4)cc3)ccnc2cc1N1CCC(CN2C[C@@H]3C[C@H]2CN3C(=O)CCNc2cc3c(cn2)C(=O)N(C2CCC(=O)NC2=O)C3)CC1. The first-order valence-corrected chi connectivity index (χ1v) is 24.7. The van der Waals surface area contributed by atoms with Crippen molar-refractivity contribution in [1.82, 2.24) is 30.0 Å². The number of rotatable bonds is 15. The van der Waals surface area contributed by atoms with Gasteiger partial charge in [-0.15, -0.1) is 0 Å². The molecule has 0 radical (unpaired) electrons. The second-order valence-electron chi connectivity index (χ2n) is 19.8. The molecule has 5 aromatic rings. The summed E-state index contributed by atoms with van der Waals surface area (Å²) in [5, 5.41) is 12.0. The number of ether oxygens (including phenoxy) is 2. The normalized spacial score (nSPS) is 21.4. The van der Waals surface area contributed by atoms with Crippen LogP contribution in [0.5, 0.6) is 17.2 Å². The highest BCUT2D eigenvalue weighted by atomic mass is 19.1. The van der Waals surface area contributed by atoms with Crippen LogP contribution < -0.4 is 35.6 Å². The summed E-state index contributed by atoms with van der Waals surface area (Å²) in [4.78, 5) is 94.4. The number of carbonyl (C=O) groups excluding carboxylic acids is 6. The van der Waals surface area contributed by atoms with Crippen LogP contribution in [0.15, 0.2) is 85.2 Å². The molecule has 72 heavy (non-hydrogen) atoms. The number of piperidine rings is 2. The Morgan fingerprint density at radius 3 is 2.28 bits per heavy atom. The summed E-state index contributed by atoms with van der Waals surface area (Å²) < 4.78 is 25.6. The van der Waals surface area contributed by atoms with Gasteiger partial charge in [0.05, 0.1) is 23.9 Å². The predicted molar refractivity (Wildman–Crippen MR) is 264 cm³/mol. The van der Waals surface area contributed by atoms with Crippen molar-refractivity contribution in [3.63, 3.8) is 0 Å². The molecule has 4 N–H and O–H groups in total. The zero-order valence-corrected chi connectivity index (χ0v) is 39.8. The highest BCUT2D eigenvalue weighted by Gasteiger charge is 2.56. The van der Waals surface area contributed by atoms with Crippen molar-refractivity contribution in [2.45, 2.75) is 76.0 Å². The predicted octanol–water partition coefficient (Wildman–Crippen LogP) is 5.69. The van der Waals surface area contributed by atoms with Gasteiger partial charge < -0.3 is 40.1 Å². The Balaban J connectivity index is 0.635. The molecule has 3 atom stereocenters. The van der Waals surface area contributed by atoms with Crippen LogP contribution in [0.25, 0.3) is 10.9 Å². The number of hydrogen-bond acceptors (Lipinski definition) is 13. The van der Waals surface area contributed by atoms with E-state index >= 15 is 0 Å². The number of imide groups is 1. The summed E-state index contributed by atoms with van der Waals surface area (Å²) in [5.41, 5.74) is 2.73. The minimum Gasteiger partial charge on any atom is -0.495 e. The summed E-state index contributed by atoms with van der Waals surface area (Å²) in [7, 11) is 1.67. The number of pyridine rings is 2. The fourth-order valence-corrected chi connectivity index (χ4v) is 11.1. The minimum absolute atomic E-state index is 0.121. The summed E-state index contributed by atoms with van der Waals surface area (Å²) in [6.07, 6.45) is 7.94. The number of hydrogen-bond donors (Lipinski definition) is 4. The molecule has 7 heterocycles. The van der Waals surface area contributed by atoms with Crippen molar-refractivity contribution >= 4 is 69.2 Å². The highest BCUT2D eigenvalue weighted by Crippen LogP contribution is 2.48. The lowest BCUT2D eigenvalue weighted by Gasteiger charge is -2.39. The second-order valence-corrected chi connectivity index (χ2v) is 19.8. The molecule has 5 aliphatic heterocycles. The maximum atomic E-state index is 13.4. The van der Waals surface area contributed by atoms with E-state index in [9.17, 15) is 33.2 Å². The average molecular weight is 979 g/mol. The number of nitrogens with zero attached hydrogens (tertiary/aromatic N) is 6. The Bertz CT molecular complexity index is 2980. The Kier molecular flexibility index (Phi) is 12.4. The van der Waals surface area contributed by atoms with E-state index < -0.39 is 35.0 Å². The average Bonchev–Trinajstić information content (AvgIpc) is 3.83. The fourth-order valence-electron chi connectivity index (χ4n) is 11.1. The summed E-state index contributed by atoms with van der Waals surface area (Å²) in [6.45, 7) is 5.04. The molecule has 1 unspecified atom stereocenters. The number of benzene rings is 3. The van der Waals surface area contributed by atoms with Gasteiger partial charge >= 0.3 is 0 Å². The standard InChI is InChI=1S/C53H55FN10O8/c1-71-45-24-39-41(55-18-12-44(39)72-38-8-6-35(7-9-38)59-52(70)53(16-17-53)51(69)58-34-4-2-33(54)3-5-34)25-43(45)61-20-14-31(15-21-61)27-62-29-37-23-36(62)30-63(37)48(66)13-19-56-46-22-32-28-64(50(68)40(32)26-57-46)42-10-11-47(65)60-49(42)67/h2-9,12,18,22,24-26,31,36-37,42H,10-11,13-17,19-21,23,27-30H2,1H3,(H,56,57)(H,58,69)(H,59,70)(H,60,65,67)/t36-,37-,42?/m0/s1. The Hall–Kier alpha value is -7.67. The van der Waals surface area contributed by atoms with Crippen molar-refractivity contribution in [2.75, 3.05) is 67.2 Å². The molecule has 6 amide bonds. The van der Waals surface area contributed by atoms with Crippen molar-refractivity contribution < 1.29 is 42.6 Å². The van der Waals surface area contributed by atoms with Gasteiger partial charge in [-0.25, -0.2) is 9.37 Å². The van der Waals surface area contributed by atoms with E-state index in [1.807, 2.05) is 11.0 Å². The van der Waals surface area contributed by atoms with Gasteiger partial charge in [0.2, 0.25) is 29.5 Å². The quantitative estimate of drug-likeness (QED) is 0.0736. The molecule has 11 rings (SSSR count). The van der Waals surface area contributed by atoms with Gasteiger partial charge in [0, 0.05) is 99.9 Å². The van der Waals surface area contributed by atoms with Crippen LogP contribution in [-0.4, -0.2) is 125 Å². The van der Waals surface area contributed by atoms with Gasteiger partial charge in [-0.2, -0.15) is 0 Å². The molecule has 0 spiro atoms. The van der Waals surface area contributed by atoms with Gasteiger partial charge in [0.25, 0.3) is 5.91 Å². The summed E-state index contributed by atoms with van der Waals surface area (Å²) in [6, 6.07) is 19.9. The van der Waals surface area contributed by atoms with Gasteiger partial charge in [-0.3, -0.25) is 44.0 Å². The molecular formula is C53H55FN10O8. The van der Waals surface area contributed by atoms with E-state index in [-0.39, 0.29) is 36.7 Å². The molecular weight excluding hydrogens is 924 g/mol. The lowest BCUT2D eigenvalue weighted by atomic mass is 9.95. The molecule has 1 saturated carbocycles. The first kappa shape index (κ1) is 46.7. The van der Waals surface area contributed by atoms with Crippen LogP contribution in [0.3, 0.4) is 0 Å². The zero-order valence-electron chi connectivity index (χ0n) is 39.8. The zero-order chi connectivity index (χ0) is 49.7. The molecule has 372 valence electrons. The van der Waals surface area contributed by atoms with E-state index in [4.69, 9.17) is 14.5 Å². The number of anilines is 4. The van der Waals surface area contributed by atoms with E-state index in [2.05, 4.69) is 42.1 Å². The highest BCUT2D eigenvalue weighted by molar-refractivity contribution is 6.17. The third-order valence-corrected chi connectivity index (χ3v) is 15.2. The number of methoxy groups -OCH3 is 1. The summed E-state index contributed by atoms with van der Waals surface area (Å²) >= 11 is 0. The smallest absolute Gasteiger partial charge is 0.256 e. The van der Waals surface area contributed by atoms with Crippen molar-refractivity contribution in [2.24, 2.45) is 11.3 Å². The Labute approximate surface area is 414 Å². The minimum atomic E-state index is -1.18. The maximum absolute atomic E-state index is 13.4. The van der Waals surface area contributed by atoms with Crippen LogP contribution in [0.2, 0.25) is 0 Å². The van der Waals surface area contributed by atoms with Crippen LogP contribution in [-0.2, 0) is 30.5 Å². The Morgan fingerprint density at radius 1 is 0.861 bits per heavy atom. The molecule has 1 aliphatic carbocycles. The fraction of sp³-hybridized carbons (Fsp3) is 0.396. The van der Waals surface area contributed by atoms with Gasteiger partial charge in [0.1, 0.15) is 40.3 Å². The number of nitrogens with one attached hydrogen (secondary N) is 4. The van der Waals surface area contributed by atoms with Gasteiger partial charge in [-0.1, -0.05) is 0 Å². The largest absolute Gasteiger partial charge is 0.495 e.